The number of likely N-dealkylation sites (tertiary alicyclic amines) is 2. The van der Waals surface area contributed by atoms with E-state index in [0.717, 1.165) is 53.5 Å². The molecule has 2 fully saturated rings. The summed E-state index contributed by atoms with van der Waals surface area (Å²) in [4.78, 5) is 26.8. The SMILES string of the molecule is Cc1c(COc2ccc(CN3C[C@@H](O)C[C@H]3C(=O)O)cc2Br)cccc1-c1cccc(COc2ccc(CN3C[C@@H](O)C[C@H]3C(=O)O)cc2Br)c1C. The van der Waals surface area contributed by atoms with E-state index in [2.05, 4.69) is 70.0 Å². The predicted octanol–water partition coefficient (Wildman–Crippen LogP) is 6.69. The van der Waals surface area contributed by atoms with Gasteiger partial charge < -0.3 is 29.9 Å². The first-order chi connectivity index (χ1) is 24.9. The third-order valence-electron chi connectivity index (χ3n) is 10.0. The Morgan fingerprint density at radius 1 is 0.673 bits per heavy atom. The molecule has 0 amide bonds. The second kappa shape index (κ2) is 16.5. The highest BCUT2D eigenvalue weighted by Crippen LogP contribution is 2.34. The minimum Gasteiger partial charge on any atom is -0.488 e. The molecule has 12 heteroatoms. The lowest BCUT2D eigenvalue weighted by Gasteiger charge is -2.21. The zero-order valence-electron chi connectivity index (χ0n) is 29.0. The van der Waals surface area contributed by atoms with Crippen LogP contribution in [0.5, 0.6) is 11.5 Å². The van der Waals surface area contributed by atoms with E-state index in [0.29, 0.717) is 50.9 Å². The van der Waals surface area contributed by atoms with Crippen LogP contribution in [0.4, 0.5) is 0 Å². The zero-order valence-corrected chi connectivity index (χ0v) is 32.1. The molecule has 0 unspecified atom stereocenters. The fraction of sp³-hybridized carbons (Fsp3) is 0.350. The first-order valence-electron chi connectivity index (χ1n) is 17.2. The average Bonchev–Trinajstić information content (AvgIpc) is 3.66. The molecule has 2 aliphatic heterocycles. The molecule has 2 saturated heterocycles. The number of nitrogens with zero attached hydrogens (tertiary/aromatic N) is 2. The Labute approximate surface area is 319 Å². The van der Waals surface area contributed by atoms with Gasteiger partial charge >= 0.3 is 11.9 Å². The molecule has 6 rings (SSSR count). The van der Waals surface area contributed by atoms with E-state index < -0.39 is 36.2 Å². The molecule has 2 heterocycles. The molecule has 0 radical (unpaired) electrons. The fourth-order valence-corrected chi connectivity index (χ4v) is 8.27. The first kappa shape index (κ1) is 38.0. The van der Waals surface area contributed by atoms with Crippen molar-refractivity contribution in [2.24, 2.45) is 0 Å². The van der Waals surface area contributed by atoms with Crippen molar-refractivity contribution in [2.75, 3.05) is 13.1 Å². The summed E-state index contributed by atoms with van der Waals surface area (Å²) in [6.07, 6.45) is -0.822. The van der Waals surface area contributed by atoms with E-state index in [9.17, 15) is 30.0 Å². The van der Waals surface area contributed by atoms with Crippen molar-refractivity contribution in [3.8, 4) is 22.6 Å². The molecule has 2 aliphatic rings. The molecule has 0 bridgehead atoms. The van der Waals surface area contributed by atoms with Crippen LogP contribution in [-0.4, -0.2) is 79.5 Å². The van der Waals surface area contributed by atoms with Crippen LogP contribution in [0, 0.1) is 13.8 Å². The molecule has 0 aliphatic carbocycles. The topological polar surface area (TPSA) is 140 Å². The van der Waals surface area contributed by atoms with Gasteiger partial charge in [-0.15, -0.1) is 0 Å². The Kier molecular flexibility index (Phi) is 12.0. The highest BCUT2D eigenvalue weighted by molar-refractivity contribution is 9.10. The number of hydrogen-bond acceptors (Lipinski definition) is 8. The number of aliphatic carboxylic acids is 2. The fourth-order valence-electron chi connectivity index (χ4n) is 7.18. The standard InChI is InChI=1S/C40H42Br2N2O8/c1-23-27(21-51-37-11-9-25(13-33(37)41)17-43-19-29(45)15-35(43)39(47)48)5-3-7-31(23)32-8-4-6-28(24(32)2)22-52-38-12-10-26(14-34(38)42)18-44-20-30(46)16-36(44)40(49)50/h3-14,29-30,35-36,45-46H,15-22H2,1-2H3,(H,47,48)(H,49,50)/t29-,30-,35-,36-/m0/s1. The maximum absolute atomic E-state index is 11.6. The highest BCUT2D eigenvalue weighted by Gasteiger charge is 2.37. The maximum Gasteiger partial charge on any atom is 0.321 e. The Bertz CT molecular complexity index is 1820. The number of ether oxygens (including phenoxy) is 2. The Morgan fingerprint density at radius 2 is 1.08 bits per heavy atom. The summed E-state index contributed by atoms with van der Waals surface area (Å²) in [7, 11) is 0. The van der Waals surface area contributed by atoms with Crippen molar-refractivity contribution in [1.29, 1.82) is 0 Å². The van der Waals surface area contributed by atoms with Crippen LogP contribution < -0.4 is 9.47 Å². The van der Waals surface area contributed by atoms with Gasteiger partial charge in [-0.3, -0.25) is 19.4 Å². The molecule has 4 aromatic carbocycles. The number of carboxylic acids is 2. The van der Waals surface area contributed by atoms with Crippen LogP contribution in [0.15, 0.2) is 81.7 Å². The Morgan fingerprint density at radius 3 is 1.44 bits per heavy atom. The molecule has 4 aromatic rings. The number of carboxylic acid groups (broad SMARTS) is 2. The van der Waals surface area contributed by atoms with Gasteiger partial charge in [0.1, 0.15) is 36.8 Å². The summed E-state index contributed by atoms with van der Waals surface area (Å²) in [6, 6.07) is 22.5. The van der Waals surface area contributed by atoms with E-state index >= 15 is 0 Å². The number of aliphatic hydroxyl groups is 2. The number of aliphatic hydroxyl groups excluding tert-OH is 2. The van der Waals surface area contributed by atoms with Gasteiger partial charge in [-0.25, -0.2) is 0 Å². The molecular weight excluding hydrogens is 796 g/mol. The van der Waals surface area contributed by atoms with E-state index in [1.54, 1.807) is 9.80 Å². The van der Waals surface area contributed by atoms with Crippen molar-refractivity contribution in [2.45, 2.75) is 77.3 Å². The zero-order chi connectivity index (χ0) is 37.1. The van der Waals surface area contributed by atoms with Crippen LogP contribution in [0.2, 0.25) is 0 Å². The molecule has 4 N–H and O–H groups in total. The van der Waals surface area contributed by atoms with Crippen molar-refractivity contribution in [1.82, 2.24) is 9.80 Å². The summed E-state index contributed by atoms with van der Waals surface area (Å²) in [5, 5.41) is 39.1. The second-order valence-corrected chi connectivity index (χ2v) is 15.3. The summed E-state index contributed by atoms with van der Waals surface area (Å²) in [5.41, 5.74) is 8.38. The minimum absolute atomic E-state index is 0.230. The quantitative estimate of drug-likeness (QED) is 0.115. The highest BCUT2D eigenvalue weighted by atomic mass is 79.9. The second-order valence-electron chi connectivity index (χ2n) is 13.6. The van der Waals surface area contributed by atoms with Crippen molar-refractivity contribution in [3.05, 3.63) is 115 Å². The monoisotopic (exact) mass is 836 g/mol. The Balaban J connectivity index is 1.10. The number of hydrogen-bond donors (Lipinski definition) is 4. The first-order valence-corrected chi connectivity index (χ1v) is 18.8. The van der Waals surface area contributed by atoms with Crippen LogP contribution in [0.1, 0.15) is 46.2 Å². The number of carbonyl (C=O) groups is 2. The minimum atomic E-state index is -0.921. The van der Waals surface area contributed by atoms with Gasteiger partial charge in [0.25, 0.3) is 0 Å². The molecule has 10 nitrogen and oxygen atoms in total. The molecule has 0 saturated carbocycles. The number of rotatable bonds is 13. The largest absolute Gasteiger partial charge is 0.488 e. The third kappa shape index (κ3) is 8.70. The molecule has 52 heavy (non-hydrogen) atoms. The third-order valence-corrected chi connectivity index (χ3v) is 11.3. The van der Waals surface area contributed by atoms with Gasteiger partial charge in [-0.2, -0.15) is 0 Å². The molecule has 4 atom stereocenters. The molecule has 0 aromatic heterocycles. The maximum atomic E-state index is 11.6. The molecular formula is C40H42Br2N2O8. The van der Waals surface area contributed by atoms with Gasteiger partial charge in [-0.05, 0) is 114 Å². The van der Waals surface area contributed by atoms with Crippen molar-refractivity contribution < 1.29 is 39.5 Å². The normalized spacial score (nSPS) is 20.7. The van der Waals surface area contributed by atoms with Gasteiger partial charge in [0.2, 0.25) is 0 Å². The Hall–Kier alpha value is -3.78. The number of benzene rings is 4. The average molecular weight is 839 g/mol. The van der Waals surface area contributed by atoms with Crippen LogP contribution in [-0.2, 0) is 35.9 Å². The van der Waals surface area contributed by atoms with Crippen molar-refractivity contribution in [3.63, 3.8) is 0 Å². The van der Waals surface area contributed by atoms with Gasteiger partial charge in [-0.1, -0.05) is 48.5 Å². The van der Waals surface area contributed by atoms with Gasteiger partial charge in [0, 0.05) is 39.0 Å². The van der Waals surface area contributed by atoms with Crippen molar-refractivity contribution >= 4 is 43.8 Å². The number of halogens is 2. The summed E-state index contributed by atoms with van der Waals surface area (Å²) in [5.74, 6) is -0.484. The van der Waals surface area contributed by atoms with Gasteiger partial charge in [0.15, 0.2) is 0 Å². The smallest absolute Gasteiger partial charge is 0.321 e. The van der Waals surface area contributed by atoms with Crippen LogP contribution >= 0.6 is 31.9 Å². The molecule has 0 spiro atoms. The van der Waals surface area contributed by atoms with E-state index in [1.165, 1.54) is 0 Å². The van der Waals surface area contributed by atoms with Crippen LogP contribution in [0.3, 0.4) is 0 Å². The van der Waals surface area contributed by atoms with Gasteiger partial charge in [0.05, 0.1) is 21.2 Å². The van der Waals surface area contributed by atoms with E-state index in [4.69, 9.17) is 9.47 Å². The van der Waals surface area contributed by atoms with E-state index in [-0.39, 0.29) is 12.8 Å². The molecule has 274 valence electrons. The summed E-state index contributed by atoms with van der Waals surface area (Å²) in [6.45, 7) is 6.41. The summed E-state index contributed by atoms with van der Waals surface area (Å²) < 4.78 is 14.1. The number of β-amino-alcohol motifs (C(OH)–C–C–N with tert-alkyl or cyclic N) is 2. The predicted molar refractivity (Wildman–Crippen MR) is 203 cm³/mol. The van der Waals surface area contributed by atoms with E-state index in [1.807, 2.05) is 48.5 Å². The lowest BCUT2D eigenvalue weighted by atomic mass is 9.92. The van der Waals surface area contributed by atoms with Crippen LogP contribution in [0.25, 0.3) is 11.1 Å². The lowest BCUT2D eigenvalue weighted by molar-refractivity contribution is -0.143. The lowest BCUT2D eigenvalue weighted by Crippen LogP contribution is -2.35. The summed E-state index contributed by atoms with van der Waals surface area (Å²) >= 11 is 7.25.